The first-order valence-electron chi connectivity index (χ1n) is 6.28. The normalized spacial score (nSPS) is 16.3. The molecule has 0 aliphatic heterocycles. The molecule has 0 amide bonds. The Balaban J connectivity index is 2.54. The molecule has 0 aromatic heterocycles. The van der Waals surface area contributed by atoms with Crippen LogP contribution in [-0.4, -0.2) is 22.4 Å². The molecule has 1 aromatic rings. The average molecular weight is 316 g/mol. The summed E-state index contributed by atoms with van der Waals surface area (Å²) >= 11 is 3.28. The SMILES string of the molecule is CCC(C)C(C)(O)CNCc1cccc(Br)c1O. The lowest BCUT2D eigenvalue weighted by atomic mass is 9.88. The van der Waals surface area contributed by atoms with Crippen molar-refractivity contribution in [1.82, 2.24) is 5.32 Å². The van der Waals surface area contributed by atoms with Crippen LogP contribution < -0.4 is 5.32 Å². The van der Waals surface area contributed by atoms with Gasteiger partial charge in [0.1, 0.15) is 5.75 Å². The van der Waals surface area contributed by atoms with Crippen LogP contribution in [0.15, 0.2) is 22.7 Å². The highest BCUT2D eigenvalue weighted by Gasteiger charge is 2.26. The molecular formula is C14H22BrNO2. The van der Waals surface area contributed by atoms with Gasteiger partial charge >= 0.3 is 0 Å². The van der Waals surface area contributed by atoms with Gasteiger partial charge in [-0.2, -0.15) is 0 Å². The van der Waals surface area contributed by atoms with Crippen molar-refractivity contribution in [3.05, 3.63) is 28.2 Å². The fourth-order valence-corrected chi connectivity index (χ4v) is 2.17. The second-order valence-electron chi connectivity index (χ2n) is 5.02. The van der Waals surface area contributed by atoms with E-state index in [0.29, 0.717) is 17.6 Å². The van der Waals surface area contributed by atoms with Crippen LogP contribution in [0.2, 0.25) is 0 Å². The molecule has 0 bridgehead atoms. The number of para-hydroxylation sites is 1. The number of rotatable bonds is 6. The zero-order valence-electron chi connectivity index (χ0n) is 11.2. The summed E-state index contributed by atoms with van der Waals surface area (Å²) < 4.78 is 0.690. The van der Waals surface area contributed by atoms with Crippen LogP contribution in [0.3, 0.4) is 0 Å². The zero-order valence-corrected chi connectivity index (χ0v) is 12.8. The van der Waals surface area contributed by atoms with Gasteiger partial charge in [0.25, 0.3) is 0 Å². The number of hydrogen-bond donors (Lipinski definition) is 3. The molecule has 2 atom stereocenters. The summed E-state index contributed by atoms with van der Waals surface area (Å²) in [5.41, 5.74) is 0.0976. The Bertz CT molecular complexity index is 393. The van der Waals surface area contributed by atoms with Gasteiger partial charge in [-0.3, -0.25) is 0 Å². The summed E-state index contributed by atoms with van der Waals surface area (Å²) in [7, 11) is 0. The van der Waals surface area contributed by atoms with Crippen molar-refractivity contribution >= 4 is 15.9 Å². The molecule has 3 N–H and O–H groups in total. The van der Waals surface area contributed by atoms with E-state index in [9.17, 15) is 10.2 Å². The van der Waals surface area contributed by atoms with Crippen molar-refractivity contribution in [2.75, 3.05) is 6.54 Å². The third kappa shape index (κ3) is 3.97. The van der Waals surface area contributed by atoms with Gasteiger partial charge in [0, 0.05) is 18.7 Å². The number of hydrogen-bond acceptors (Lipinski definition) is 3. The summed E-state index contributed by atoms with van der Waals surface area (Å²) in [5, 5.41) is 23.3. The second-order valence-corrected chi connectivity index (χ2v) is 5.87. The Morgan fingerprint density at radius 2 is 2.11 bits per heavy atom. The fourth-order valence-electron chi connectivity index (χ4n) is 1.77. The van der Waals surface area contributed by atoms with E-state index in [1.165, 1.54) is 0 Å². The molecule has 102 valence electrons. The van der Waals surface area contributed by atoms with Crippen molar-refractivity contribution in [1.29, 1.82) is 0 Å². The number of benzene rings is 1. The summed E-state index contributed by atoms with van der Waals surface area (Å²) in [6.45, 7) is 7.00. The molecule has 18 heavy (non-hydrogen) atoms. The van der Waals surface area contributed by atoms with Crippen LogP contribution in [0.1, 0.15) is 32.8 Å². The summed E-state index contributed by atoms with van der Waals surface area (Å²) in [6.07, 6.45) is 0.941. The lowest BCUT2D eigenvalue weighted by molar-refractivity contribution is 0.00531. The van der Waals surface area contributed by atoms with Gasteiger partial charge in [0.05, 0.1) is 10.1 Å². The fraction of sp³-hybridized carbons (Fsp3) is 0.571. The molecule has 1 rings (SSSR count). The highest BCUT2D eigenvalue weighted by Crippen LogP contribution is 2.27. The minimum Gasteiger partial charge on any atom is -0.506 e. The number of aliphatic hydroxyl groups is 1. The van der Waals surface area contributed by atoms with Gasteiger partial charge in [-0.15, -0.1) is 0 Å². The average Bonchev–Trinajstić information content (AvgIpc) is 2.33. The van der Waals surface area contributed by atoms with Crippen molar-refractivity contribution in [2.45, 2.75) is 39.3 Å². The Morgan fingerprint density at radius 3 is 2.72 bits per heavy atom. The van der Waals surface area contributed by atoms with Crippen LogP contribution >= 0.6 is 15.9 Å². The van der Waals surface area contributed by atoms with E-state index in [4.69, 9.17) is 0 Å². The Kier molecular flexibility index (Phi) is 5.63. The van der Waals surface area contributed by atoms with Gasteiger partial charge in [0.2, 0.25) is 0 Å². The largest absolute Gasteiger partial charge is 0.506 e. The molecule has 0 aliphatic carbocycles. The number of phenolic OH excluding ortho intramolecular Hbond substituents is 1. The predicted molar refractivity (Wildman–Crippen MR) is 77.6 cm³/mol. The third-order valence-corrected chi connectivity index (χ3v) is 4.18. The number of halogens is 1. The maximum atomic E-state index is 10.3. The molecule has 0 heterocycles. The van der Waals surface area contributed by atoms with Crippen molar-refractivity contribution < 1.29 is 10.2 Å². The number of nitrogens with one attached hydrogen (secondary N) is 1. The number of phenols is 1. The van der Waals surface area contributed by atoms with E-state index in [1.54, 1.807) is 6.07 Å². The molecule has 2 unspecified atom stereocenters. The summed E-state index contributed by atoms with van der Waals surface area (Å²) in [4.78, 5) is 0. The van der Waals surface area contributed by atoms with Gasteiger partial charge in [0.15, 0.2) is 0 Å². The van der Waals surface area contributed by atoms with Crippen molar-refractivity contribution in [3.63, 3.8) is 0 Å². The second kappa shape index (κ2) is 6.55. The monoisotopic (exact) mass is 315 g/mol. The Hall–Kier alpha value is -0.580. The van der Waals surface area contributed by atoms with Gasteiger partial charge in [-0.25, -0.2) is 0 Å². The first-order valence-corrected chi connectivity index (χ1v) is 7.07. The van der Waals surface area contributed by atoms with E-state index in [0.717, 1.165) is 12.0 Å². The number of aromatic hydroxyl groups is 1. The first-order chi connectivity index (χ1) is 8.38. The van der Waals surface area contributed by atoms with E-state index in [1.807, 2.05) is 26.0 Å². The molecule has 1 aromatic carbocycles. The maximum absolute atomic E-state index is 10.3. The van der Waals surface area contributed by atoms with Crippen LogP contribution in [0, 0.1) is 5.92 Å². The molecular weight excluding hydrogens is 294 g/mol. The maximum Gasteiger partial charge on any atom is 0.134 e. The van der Waals surface area contributed by atoms with E-state index >= 15 is 0 Å². The van der Waals surface area contributed by atoms with Gasteiger partial charge in [-0.1, -0.05) is 32.4 Å². The smallest absolute Gasteiger partial charge is 0.134 e. The van der Waals surface area contributed by atoms with E-state index in [-0.39, 0.29) is 11.7 Å². The Labute approximate surface area is 117 Å². The predicted octanol–water partition coefficient (Wildman–Crippen LogP) is 3.04. The quantitative estimate of drug-likeness (QED) is 0.756. The van der Waals surface area contributed by atoms with E-state index in [2.05, 4.69) is 28.2 Å². The molecule has 0 spiro atoms. The van der Waals surface area contributed by atoms with Crippen LogP contribution in [0.4, 0.5) is 0 Å². The highest BCUT2D eigenvalue weighted by molar-refractivity contribution is 9.10. The first kappa shape index (κ1) is 15.5. The molecule has 0 saturated carbocycles. The zero-order chi connectivity index (χ0) is 13.8. The minimum absolute atomic E-state index is 0.237. The van der Waals surface area contributed by atoms with Gasteiger partial charge in [-0.05, 0) is 34.8 Å². The van der Waals surface area contributed by atoms with Crippen LogP contribution in [-0.2, 0) is 6.54 Å². The standard InChI is InChI=1S/C14H22BrNO2/c1-4-10(2)14(3,18)9-16-8-11-6-5-7-12(15)13(11)17/h5-7,10,16-18H,4,8-9H2,1-3H3. The molecule has 0 aliphatic rings. The van der Waals surface area contributed by atoms with Crippen molar-refractivity contribution in [2.24, 2.45) is 5.92 Å². The molecule has 0 fully saturated rings. The Morgan fingerprint density at radius 1 is 1.44 bits per heavy atom. The topological polar surface area (TPSA) is 52.5 Å². The molecule has 4 heteroatoms. The lowest BCUT2D eigenvalue weighted by Gasteiger charge is -2.30. The lowest BCUT2D eigenvalue weighted by Crippen LogP contribution is -2.42. The van der Waals surface area contributed by atoms with Crippen molar-refractivity contribution in [3.8, 4) is 5.75 Å². The summed E-state index contributed by atoms with van der Waals surface area (Å²) in [6, 6.07) is 5.55. The summed E-state index contributed by atoms with van der Waals surface area (Å²) in [5.74, 6) is 0.495. The van der Waals surface area contributed by atoms with Gasteiger partial charge < -0.3 is 15.5 Å². The van der Waals surface area contributed by atoms with Crippen LogP contribution in [0.5, 0.6) is 5.75 Å². The van der Waals surface area contributed by atoms with Crippen LogP contribution in [0.25, 0.3) is 0 Å². The van der Waals surface area contributed by atoms with E-state index < -0.39 is 5.60 Å². The third-order valence-electron chi connectivity index (χ3n) is 3.54. The molecule has 3 nitrogen and oxygen atoms in total. The minimum atomic E-state index is -0.726. The molecule has 0 saturated heterocycles. The molecule has 0 radical (unpaired) electrons. The highest BCUT2D eigenvalue weighted by atomic mass is 79.9.